The van der Waals surface area contributed by atoms with Gasteiger partial charge >= 0.3 is 0 Å². The highest BCUT2D eigenvalue weighted by Crippen LogP contribution is 2.52. The molecule has 1 aliphatic carbocycles. The monoisotopic (exact) mass is 294 g/mol. The summed E-state index contributed by atoms with van der Waals surface area (Å²) in [5, 5.41) is 2.82. The van der Waals surface area contributed by atoms with Crippen LogP contribution in [-0.2, 0) is 11.8 Å². The fourth-order valence-electron chi connectivity index (χ4n) is 4.72. The predicted octanol–water partition coefficient (Wildman–Crippen LogP) is 5.69. The zero-order valence-corrected chi connectivity index (χ0v) is 14.3. The average molecular weight is 294 g/mol. The summed E-state index contributed by atoms with van der Waals surface area (Å²) in [6.45, 7) is 9.21. The summed E-state index contributed by atoms with van der Waals surface area (Å²) < 4.78 is 6.70. The van der Waals surface area contributed by atoms with E-state index in [0.717, 1.165) is 6.42 Å². The second-order valence-electron chi connectivity index (χ2n) is 8.27. The molecule has 0 radical (unpaired) electrons. The number of hydrogen-bond acceptors (Lipinski definition) is 1. The molecule has 0 unspecified atom stereocenters. The summed E-state index contributed by atoms with van der Waals surface area (Å²) >= 11 is 0. The van der Waals surface area contributed by atoms with Gasteiger partial charge in [0.05, 0.1) is 0 Å². The van der Waals surface area contributed by atoms with Crippen LogP contribution in [0.25, 0.3) is 10.8 Å². The van der Waals surface area contributed by atoms with Gasteiger partial charge in [0.1, 0.15) is 11.4 Å². The van der Waals surface area contributed by atoms with Crippen LogP contribution in [0.1, 0.15) is 63.1 Å². The molecule has 2 aromatic carbocycles. The van der Waals surface area contributed by atoms with Gasteiger partial charge in [0.2, 0.25) is 0 Å². The van der Waals surface area contributed by atoms with E-state index in [1.165, 1.54) is 58.9 Å². The molecule has 1 fully saturated rings. The van der Waals surface area contributed by atoms with Gasteiger partial charge < -0.3 is 4.74 Å². The first-order chi connectivity index (χ1) is 10.4. The smallest absolute Gasteiger partial charge is 0.128 e. The van der Waals surface area contributed by atoms with E-state index in [4.69, 9.17) is 4.74 Å². The molecule has 1 heteroatoms. The zero-order chi connectivity index (χ0) is 15.5. The Morgan fingerprint density at radius 2 is 1.64 bits per heavy atom. The Kier molecular flexibility index (Phi) is 2.89. The van der Waals surface area contributed by atoms with Crippen LogP contribution in [0.4, 0.5) is 0 Å². The maximum atomic E-state index is 6.70. The van der Waals surface area contributed by atoms with Crippen LogP contribution in [0.15, 0.2) is 24.3 Å². The molecular formula is C21H26O. The van der Waals surface area contributed by atoms with E-state index in [0.29, 0.717) is 0 Å². The number of benzene rings is 2. The Morgan fingerprint density at radius 3 is 2.27 bits per heavy atom. The van der Waals surface area contributed by atoms with Crippen LogP contribution in [0.3, 0.4) is 0 Å². The molecule has 1 heterocycles. The van der Waals surface area contributed by atoms with Gasteiger partial charge in [0.25, 0.3) is 0 Å². The number of aryl methyl sites for hydroxylation is 1. The van der Waals surface area contributed by atoms with Crippen molar-refractivity contribution < 1.29 is 4.74 Å². The molecule has 2 aromatic rings. The Morgan fingerprint density at radius 1 is 1.00 bits per heavy atom. The number of hydrogen-bond donors (Lipinski definition) is 0. The fraction of sp³-hybridized carbons (Fsp3) is 0.524. The molecule has 0 amide bonds. The van der Waals surface area contributed by atoms with Crippen molar-refractivity contribution in [2.24, 2.45) is 0 Å². The SMILES string of the molecule is Cc1c(C(C)(C)C)c2c(c3ccccc13)CC1(CCCC1)O2. The molecule has 4 rings (SSSR count). The van der Waals surface area contributed by atoms with Crippen molar-refractivity contribution in [1.82, 2.24) is 0 Å². The Labute approximate surface area is 133 Å². The minimum atomic E-state index is 0.0961. The lowest BCUT2D eigenvalue weighted by atomic mass is 9.79. The molecular weight excluding hydrogens is 268 g/mol. The van der Waals surface area contributed by atoms with E-state index >= 15 is 0 Å². The van der Waals surface area contributed by atoms with Crippen molar-refractivity contribution >= 4 is 10.8 Å². The zero-order valence-electron chi connectivity index (χ0n) is 14.3. The summed E-state index contributed by atoms with van der Waals surface area (Å²) in [6, 6.07) is 8.89. The minimum Gasteiger partial charge on any atom is -0.486 e. The molecule has 0 atom stereocenters. The molecule has 1 nitrogen and oxygen atoms in total. The van der Waals surface area contributed by atoms with Crippen LogP contribution >= 0.6 is 0 Å². The van der Waals surface area contributed by atoms with Gasteiger partial charge in [-0.3, -0.25) is 0 Å². The normalized spacial score (nSPS) is 19.6. The van der Waals surface area contributed by atoms with Gasteiger partial charge in [-0.05, 0) is 54.4 Å². The molecule has 0 saturated heterocycles. The second-order valence-corrected chi connectivity index (χ2v) is 8.27. The lowest BCUT2D eigenvalue weighted by Gasteiger charge is -2.28. The van der Waals surface area contributed by atoms with Gasteiger partial charge in [-0.1, -0.05) is 45.0 Å². The van der Waals surface area contributed by atoms with Crippen molar-refractivity contribution in [2.45, 2.75) is 70.8 Å². The Hall–Kier alpha value is -1.50. The molecule has 2 aliphatic rings. The molecule has 0 bridgehead atoms. The topological polar surface area (TPSA) is 9.23 Å². The lowest BCUT2D eigenvalue weighted by molar-refractivity contribution is 0.101. The summed E-state index contributed by atoms with van der Waals surface area (Å²) in [6.07, 6.45) is 6.18. The highest BCUT2D eigenvalue weighted by atomic mass is 16.5. The second kappa shape index (κ2) is 4.50. The van der Waals surface area contributed by atoms with Crippen LogP contribution in [0, 0.1) is 6.92 Å². The van der Waals surface area contributed by atoms with E-state index in [1.807, 2.05) is 0 Å². The van der Waals surface area contributed by atoms with Crippen LogP contribution < -0.4 is 4.74 Å². The number of ether oxygens (including phenoxy) is 1. The fourth-order valence-corrected chi connectivity index (χ4v) is 4.72. The third kappa shape index (κ3) is 1.91. The van der Waals surface area contributed by atoms with E-state index in [2.05, 4.69) is 52.0 Å². The van der Waals surface area contributed by atoms with E-state index in [1.54, 1.807) is 0 Å². The van der Waals surface area contributed by atoms with E-state index in [9.17, 15) is 0 Å². The number of rotatable bonds is 0. The van der Waals surface area contributed by atoms with Crippen molar-refractivity contribution in [1.29, 1.82) is 0 Å². The van der Waals surface area contributed by atoms with Crippen molar-refractivity contribution in [3.63, 3.8) is 0 Å². The van der Waals surface area contributed by atoms with E-state index in [-0.39, 0.29) is 11.0 Å². The highest BCUT2D eigenvalue weighted by molar-refractivity contribution is 5.93. The molecule has 116 valence electrons. The molecule has 22 heavy (non-hydrogen) atoms. The first-order valence-corrected chi connectivity index (χ1v) is 8.65. The van der Waals surface area contributed by atoms with Crippen molar-refractivity contribution in [3.05, 3.63) is 41.0 Å². The van der Waals surface area contributed by atoms with Gasteiger partial charge in [0.15, 0.2) is 0 Å². The van der Waals surface area contributed by atoms with Gasteiger partial charge in [-0.2, -0.15) is 0 Å². The van der Waals surface area contributed by atoms with Crippen LogP contribution in [0.5, 0.6) is 5.75 Å². The molecule has 1 spiro atoms. The maximum absolute atomic E-state index is 6.70. The molecule has 1 aliphatic heterocycles. The summed E-state index contributed by atoms with van der Waals surface area (Å²) in [5.41, 5.74) is 4.50. The van der Waals surface area contributed by atoms with Crippen LogP contribution in [0.2, 0.25) is 0 Å². The Bertz CT molecular complexity index is 743. The molecule has 1 saturated carbocycles. The van der Waals surface area contributed by atoms with Gasteiger partial charge in [0, 0.05) is 17.5 Å². The minimum absolute atomic E-state index is 0.0961. The largest absolute Gasteiger partial charge is 0.486 e. The van der Waals surface area contributed by atoms with Crippen molar-refractivity contribution in [2.75, 3.05) is 0 Å². The van der Waals surface area contributed by atoms with Gasteiger partial charge in [-0.15, -0.1) is 0 Å². The Balaban J connectivity index is 2.03. The summed E-state index contributed by atoms with van der Waals surface area (Å²) in [7, 11) is 0. The van der Waals surface area contributed by atoms with Crippen LogP contribution in [-0.4, -0.2) is 5.60 Å². The maximum Gasteiger partial charge on any atom is 0.128 e. The number of fused-ring (bicyclic) bond motifs is 3. The van der Waals surface area contributed by atoms with E-state index < -0.39 is 0 Å². The molecule has 0 aromatic heterocycles. The first-order valence-electron chi connectivity index (χ1n) is 8.65. The average Bonchev–Trinajstić information content (AvgIpc) is 3.05. The lowest BCUT2D eigenvalue weighted by Crippen LogP contribution is -2.30. The van der Waals surface area contributed by atoms with Gasteiger partial charge in [-0.25, -0.2) is 0 Å². The quantitative estimate of drug-likeness (QED) is 0.606. The standard InChI is InChI=1S/C21H26O/c1-14-15-9-5-6-10-16(15)17-13-21(11-7-8-12-21)22-19(17)18(14)20(2,3)4/h5-6,9-10H,7-8,11-13H2,1-4H3. The van der Waals surface area contributed by atoms with Crippen molar-refractivity contribution in [3.8, 4) is 5.75 Å². The first kappa shape index (κ1) is 14.1. The highest BCUT2D eigenvalue weighted by Gasteiger charge is 2.44. The third-order valence-corrected chi connectivity index (χ3v) is 5.61. The molecule has 0 N–H and O–H groups in total. The summed E-state index contributed by atoms with van der Waals surface area (Å²) in [5.74, 6) is 1.21. The third-order valence-electron chi connectivity index (χ3n) is 5.61. The summed E-state index contributed by atoms with van der Waals surface area (Å²) in [4.78, 5) is 0. The predicted molar refractivity (Wildman–Crippen MR) is 92.9 cm³/mol.